The first-order chi connectivity index (χ1) is 4.58. The van der Waals surface area contributed by atoms with Gasteiger partial charge in [-0.3, -0.25) is 0 Å². The van der Waals surface area contributed by atoms with Crippen LogP contribution in [0.2, 0.25) is 0 Å². The molecule has 0 aromatic carbocycles. The molecule has 1 fully saturated rings. The molecule has 58 valence electrons. The summed E-state index contributed by atoms with van der Waals surface area (Å²) in [4.78, 5) is 2.28. The van der Waals surface area contributed by atoms with Crippen LogP contribution in [0.5, 0.6) is 0 Å². The molecule has 1 saturated heterocycles. The minimum absolute atomic E-state index is 0.288. The van der Waals surface area contributed by atoms with Gasteiger partial charge in [-0.2, -0.15) is 0 Å². The average Bonchev–Trinajstić information content (AvgIpc) is 2.07. The van der Waals surface area contributed by atoms with Gasteiger partial charge in [0, 0.05) is 17.8 Å². The Morgan fingerprint density at radius 2 is 2.30 bits per heavy atom. The molecule has 0 aromatic rings. The van der Waals surface area contributed by atoms with E-state index in [4.69, 9.17) is 12.2 Å². The highest BCUT2D eigenvalue weighted by atomic mass is 32.2. The van der Waals surface area contributed by atoms with Crippen molar-refractivity contribution in [2.75, 3.05) is 12.3 Å². The van der Waals surface area contributed by atoms with Gasteiger partial charge in [-0.15, -0.1) is 0 Å². The van der Waals surface area contributed by atoms with Crippen molar-refractivity contribution in [3.05, 3.63) is 0 Å². The van der Waals surface area contributed by atoms with E-state index in [2.05, 4.69) is 25.7 Å². The van der Waals surface area contributed by atoms with Crippen molar-refractivity contribution in [2.45, 2.75) is 26.3 Å². The number of thiocarbonyl (C=S) groups is 1. The molecule has 0 saturated carbocycles. The molecule has 0 amide bonds. The molecule has 3 heteroatoms. The predicted molar refractivity (Wildman–Crippen MR) is 51.5 cm³/mol. The molecule has 10 heavy (non-hydrogen) atoms. The van der Waals surface area contributed by atoms with Crippen LogP contribution in [0.25, 0.3) is 0 Å². The lowest BCUT2D eigenvalue weighted by molar-refractivity contribution is 0.272. The molecule has 1 aliphatic rings. The highest BCUT2D eigenvalue weighted by Gasteiger charge is 2.34. The Labute approximate surface area is 72.2 Å². The van der Waals surface area contributed by atoms with Gasteiger partial charge in [0.2, 0.25) is 0 Å². The second-order valence-electron chi connectivity index (χ2n) is 3.11. The Morgan fingerprint density at radius 1 is 1.70 bits per heavy atom. The normalized spacial score (nSPS) is 23.9. The van der Waals surface area contributed by atoms with Crippen LogP contribution in [-0.2, 0) is 0 Å². The van der Waals surface area contributed by atoms with E-state index in [-0.39, 0.29) is 5.54 Å². The van der Waals surface area contributed by atoms with Crippen LogP contribution in [0.4, 0.5) is 0 Å². The van der Waals surface area contributed by atoms with E-state index >= 15 is 0 Å². The molecule has 0 aliphatic carbocycles. The molecule has 0 aromatic heterocycles. The Balaban J connectivity index is 2.73. The summed E-state index contributed by atoms with van der Waals surface area (Å²) in [6.07, 6.45) is 0. The number of hydrogen-bond donors (Lipinski definition) is 0. The van der Waals surface area contributed by atoms with Crippen LogP contribution in [0.15, 0.2) is 0 Å². The molecule has 1 heterocycles. The van der Waals surface area contributed by atoms with E-state index in [0.29, 0.717) is 0 Å². The molecule has 1 nitrogen and oxygen atoms in total. The van der Waals surface area contributed by atoms with Gasteiger partial charge >= 0.3 is 0 Å². The Bertz CT molecular complexity index is 154. The zero-order valence-corrected chi connectivity index (χ0v) is 8.31. The molecule has 0 N–H and O–H groups in total. The van der Waals surface area contributed by atoms with Gasteiger partial charge in [0.05, 0.1) is 0 Å². The van der Waals surface area contributed by atoms with Crippen LogP contribution in [0.1, 0.15) is 20.8 Å². The monoisotopic (exact) mass is 175 g/mol. The summed E-state index contributed by atoms with van der Waals surface area (Å²) in [6.45, 7) is 7.67. The third-order valence-electron chi connectivity index (χ3n) is 1.82. The highest BCUT2D eigenvalue weighted by Crippen LogP contribution is 2.31. The number of hydrogen-bond acceptors (Lipinski definition) is 2. The van der Waals surface area contributed by atoms with Gasteiger partial charge in [-0.25, -0.2) is 0 Å². The average molecular weight is 175 g/mol. The van der Waals surface area contributed by atoms with E-state index in [1.54, 1.807) is 11.8 Å². The van der Waals surface area contributed by atoms with Crippen molar-refractivity contribution in [1.82, 2.24) is 4.90 Å². The Morgan fingerprint density at radius 3 is 2.50 bits per heavy atom. The number of rotatable bonds is 1. The van der Waals surface area contributed by atoms with Crippen molar-refractivity contribution in [2.24, 2.45) is 0 Å². The largest absolute Gasteiger partial charge is 0.352 e. The van der Waals surface area contributed by atoms with E-state index < -0.39 is 0 Å². The standard InChI is InChI=1S/C7H13NS2/c1-4-8-6(9)10-5-7(8,2)3/h4-5H2,1-3H3. The minimum Gasteiger partial charge on any atom is -0.352 e. The lowest BCUT2D eigenvalue weighted by Crippen LogP contribution is -2.41. The van der Waals surface area contributed by atoms with Crippen molar-refractivity contribution < 1.29 is 0 Å². The van der Waals surface area contributed by atoms with E-state index in [1.807, 2.05) is 0 Å². The first-order valence-electron chi connectivity index (χ1n) is 3.52. The van der Waals surface area contributed by atoms with Crippen molar-refractivity contribution in [1.29, 1.82) is 0 Å². The molecule has 0 radical (unpaired) electrons. The van der Waals surface area contributed by atoms with Crippen molar-refractivity contribution in [3.63, 3.8) is 0 Å². The fourth-order valence-electron chi connectivity index (χ4n) is 1.20. The van der Waals surface area contributed by atoms with E-state index in [0.717, 1.165) is 16.6 Å². The van der Waals surface area contributed by atoms with E-state index in [1.165, 1.54) is 0 Å². The van der Waals surface area contributed by atoms with Crippen LogP contribution in [-0.4, -0.2) is 27.1 Å². The van der Waals surface area contributed by atoms with Crippen molar-refractivity contribution >= 4 is 28.3 Å². The molecular formula is C7H13NS2. The number of thioether (sulfide) groups is 1. The summed E-state index contributed by atoms with van der Waals surface area (Å²) in [6, 6.07) is 0. The molecule has 0 spiro atoms. The van der Waals surface area contributed by atoms with Crippen LogP contribution in [0.3, 0.4) is 0 Å². The summed E-state index contributed by atoms with van der Waals surface area (Å²) >= 11 is 6.97. The molecular weight excluding hydrogens is 162 g/mol. The summed E-state index contributed by atoms with van der Waals surface area (Å²) in [5.74, 6) is 1.14. The highest BCUT2D eigenvalue weighted by molar-refractivity contribution is 8.23. The second-order valence-corrected chi connectivity index (χ2v) is 4.72. The van der Waals surface area contributed by atoms with Gasteiger partial charge in [-0.05, 0) is 20.8 Å². The van der Waals surface area contributed by atoms with Gasteiger partial charge in [-0.1, -0.05) is 24.0 Å². The zero-order chi connectivity index (χ0) is 7.78. The van der Waals surface area contributed by atoms with Gasteiger partial charge < -0.3 is 4.90 Å². The molecule has 1 rings (SSSR count). The van der Waals surface area contributed by atoms with Crippen LogP contribution >= 0.6 is 24.0 Å². The quantitative estimate of drug-likeness (QED) is 0.562. The predicted octanol–water partition coefficient (Wildman–Crippen LogP) is 2.12. The molecule has 1 aliphatic heterocycles. The van der Waals surface area contributed by atoms with Gasteiger partial charge in [0.1, 0.15) is 4.32 Å². The van der Waals surface area contributed by atoms with Crippen LogP contribution < -0.4 is 0 Å². The molecule has 0 unspecified atom stereocenters. The Hall–Kier alpha value is 0.240. The van der Waals surface area contributed by atoms with Gasteiger partial charge in [0.15, 0.2) is 0 Å². The Kier molecular flexibility index (Phi) is 2.25. The lowest BCUT2D eigenvalue weighted by atomic mass is 10.1. The summed E-state index contributed by atoms with van der Waals surface area (Å²) in [5, 5.41) is 0. The van der Waals surface area contributed by atoms with E-state index in [9.17, 15) is 0 Å². The fourth-order valence-corrected chi connectivity index (χ4v) is 2.92. The molecule has 0 atom stereocenters. The SMILES string of the molecule is CCN1C(=S)SCC1(C)C. The summed E-state index contributed by atoms with van der Waals surface area (Å²) in [7, 11) is 0. The van der Waals surface area contributed by atoms with Crippen LogP contribution in [0, 0.1) is 0 Å². The first kappa shape index (κ1) is 8.34. The minimum atomic E-state index is 0.288. The lowest BCUT2D eigenvalue weighted by Gasteiger charge is -2.30. The fraction of sp³-hybridized carbons (Fsp3) is 0.857. The molecule has 0 bridgehead atoms. The summed E-state index contributed by atoms with van der Waals surface area (Å²) < 4.78 is 1.06. The number of nitrogens with zero attached hydrogens (tertiary/aromatic N) is 1. The topological polar surface area (TPSA) is 3.24 Å². The van der Waals surface area contributed by atoms with Gasteiger partial charge in [0.25, 0.3) is 0 Å². The zero-order valence-electron chi connectivity index (χ0n) is 6.68. The maximum atomic E-state index is 5.18. The first-order valence-corrected chi connectivity index (χ1v) is 4.91. The second kappa shape index (κ2) is 2.70. The van der Waals surface area contributed by atoms with Crippen molar-refractivity contribution in [3.8, 4) is 0 Å². The smallest absolute Gasteiger partial charge is 0.136 e. The maximum absolute atomic E-state index is 5.18. The summed E-state index contributed by atoms with van der Waals surface area (Å²) in [5.41, 5.74) is 0.288. The third-order valence-corrected chi connectivity index (χ3v) is 3.71. The maximum Gasteiger partial charge on any atom is 0.136 e. The third kappa shape index (κ3) is 1.30.